The second kappa shape index (κ2) is 19.7. The summed E-state index contributed by atoms with van der Waals surface area (Å²) in [6, 6.07) is 15.3. The highest BCUT2D eigenvalue weighted by Gasteiger charge is 2.41. The van der Waals surface area contributed by atoms with Crippen LogP contribution in [0.4, 0.5) is 9.59 Å². The lowest BCUT2D eigenvalue weighted by Crippen LogP contribution is -2.53. The zero-order valence-electron chi connectivity index (χ0n) is 40.2. The molecule has 2 saturated heterocycles. The van der Waals surface area contributed by atoms with Crippen LogP contribution in [0.15, 0.2) is 65.9 Å². The molecular weight excluding hydrogens is 807 g/mol. The first kappa shape index (κ1) is 48.0. The molecule has 13 heteroatoms. The fourth-order valence-corrected chi connectivity index (χ4v) is 8.94. The highest BCUT2D eigenvalue weighted by atomic mass is 16.6. The molecule has 4 heterocycles. The number of ether oxygens (including phenoxy) is 2. The van der Waals surface area contributed by atoms with Crippen LogP contribution in [0.2, 0.25) is 0 Å². The van der Waals surface area contributed by atoms with Gasteiger partial charge in [0, 0.05) is 45.5 Å². The number of aromatic nitrogens is 2. The van der Waals surface area contributed by atoms with E-state index in [0.29, 0.717) is 32.4 Å². The molecule has 2 fully saturated rings. The van der Waals surface area contributed by atoms with Gasteiger partial charge in [-0.15, -0.1) is 0 Å². The Hall–Kier alpha value is -5.46. The van der Waals surface area contributed by atoms with Crippen molar-refractivity contribution in [2.24, 2.45) is 16.8 Å². The molecule has 0 aliphatic carbocycles. The Morgan fingerprint density at radius 1 is 0.688 bits per heavy atom. The molecule has 346 valence electrons. The van der Waals surface area contributed by atoms with Crippen LogP contribution in [0, 0.1) is 11.8 Å². The van der Waals surface area contributed by atoms with Crippen LogP contribution < -0.4 is 0 Å². The van der Waals surface area contributed by atoms with Gasteiger partial charge >= 0.3 is 12.2 Å². The number of likely N-dealkylation sites (tertiary alicyclic amines) is 2. The summed E-state index contributed by atoms with van der Waals surface area (Å²) in [5.74, 6) is 1.03. The zero-order chi connectivity index (χ0) is 46.7. The summed E-state index contributed by atoms with van der Waals surface area (Å²) in [6.45, 7) is 20.5. The maximum atomic E-state index is 14.2. The van der Waals surface area contributed by atoms with Gasteiger partial charge in [0.2, 0.25) is 11.8 Å². The number of carbonyl (C=O) groups is 4. The van der Waals surface area contributed by atoms with Gasteiger partial charge in [-0.1, -0.05) is 76.2 Å². The zero-order valence-corrected chi connectivity index (χ0v) is 40.2. The van der Waals surface area contributed by atoms with E-state index in [2.05, 4.69) is 81.2 Å². The topological polar surface area (TPSA) is 141 Å². The molecule has 0 bridgehead atoms. The van der Waals surface area contributed by atoms with Crippen molar-refractivity contribution in [1.29, 1.82) is 0 Å². The summed E-state index contributed by atoms with van der Waals surface area (Å²) >= 11 is 0. The van der Waals surface area contributed by atoms with Gasteiger partial charge in [0.25, 0.3) is 0 Å². The molecule has 64 heavy (non-hydrogen) atoms. The molecule has 6 rings (SSSR count). The second-order valence-electron chi connectivity index (χ2n) is 20.6. The molecule has 4 amide bonds. The van der Waals surface area contributed by atoms with Crippen LogP contribution in [0.3, 0.4) is 0 Å². The Labute approximate surface area is 380 Å². The quantitative estimate of drug-likeness (QED) is 0.180. The number of nitrogens with one attached hydrogen (secondary N) is 1. The number of likely N-dealkylation sites (N-methyl/N-ethyl adjacent to an activating group) is 2. The number of hydrogen-bond donors (Lipinski definition) is 1. The highest BCUT2D eigenvalue weighted by molar-refractivity contribution is 6.04. The number of nitrogens with zero attached hydrogens (tertiary/aromatic N) is 6. The van der Waals surface area contributed by atoms with Crippen molar-refractivity contribution in [1.82, 2.24) is 29.6 Å². The first-order valence-electron chi connectivity index (χ1n) is 23.1. The van der Waals surface area contributed by atoms with E-state index >= 15 is 0 Å². The molecule has 0 radical (unpaired) electrons. The molecule has 1 N–H and O–H groups in total. The van der Waals surface area contributed by atoms with Crippen LogP contribution in [-0.2, 0) is 19.1 Å². The lowest BCUT2D eigenvalue weighted by molar-refractivity contribution is -0.138. The third-order valence-corrected chi connectivity index (χ3v) is 12.2. The monoisotopic (exact) mass is 878 g/mol. The predicted molar refractivity (Wildman–Crippen MR) is 252 cm³/mol. The van der Waals surface area contributed by atoms with Crippen LogP contribution in [-0.4, -0.2) is 116 Å². The summed E-state index contributed by atoms with van der Waals surface area (Å²) in [6.07, 6.45) is 7.90. The molecule has 1 aromatic heterocycles. The number of amides is 4. The SMILES string of the molecule is CC(C)C[C@@H](C(=O)N1CCCC1c1ncc(-c2ccc(-c3ccc(C4=CN=C([C@@H]5CCCN5C(=O)[C@H](CC(C)C)N(C)C(=O)OC(C)(C)C)C4)cc3)cc2)[nH]1)N(C)C(=O)OC(C)(C)C. The van der Waals surface area contributed by atoms with E-state index in [1.165, 1.54) is 9.80 Å². The third-order valence-electron chi connectivity index (χ3n) is 12.2. The molecule has 0 spiro atoms. The number of aliphatic imine (C=N–C) groups is 1. The van der Waals surface area contributed by atoms with Crippen molar-refractivity contribution in [3.63, 3.8) is 0 Å². The van der Waals surface area contributed by atoms with Gasteiger partial charge in [-0.3, -0.25) is 24.4 Å². The predicted octanol–water partition coefficient (Wildman–Crippen LogP) is 10.1. The van der Waals surface area contributed by atoms with Crippen molar-refractivity contribution in [2.45, 2.75) is 150 Å². The van der Waals surface area contributed by atoms with Gasteiger partial charge in [-0.2, -0.15) is 0 Å². The number of allylic oxidation sites excluding steroid dienone is 1. The van der Waals surface area contributed by atoms with Gasteiger partial charge in [0.05, 0.1) is 24.0 Å². The highest BCUT2D eigenvalue weighted by Crippen LogP contribution is 2.35. The van der Waals surface area contributed by atoms with E-state index < -0.39 is 35.5 Å². The molecule has 2 aromatic carbocycles. The number of rotatable bonds is 13. The van der Waals surface area contributed by atoms with Crippen LogP contribution >= 0.6 is 0 Å². The lowest BCUT2D eigenvalue weighted by atomic mass is 9.95. The van der Waals surface area contributed by atoms with Crippen molar-refractivity contribution >= 4 is 35.3 Å². The van der Waals surface area contributed by atoms with Crippen molar-refractivity contribution in [2.75, 3.05) is 27.2 Å². The largest absolute Gasteiger partial charge is 0.444 e. The molecule has 13 nitrogen and oxygen atoms in total. The van der Waals surface area contributed by atoms with Crippen molar-refractivity contribution < 1.29 is 28.7 Å². The van der Waals surface area contributed by atoms with E-state index in [9.17, 15) is 19.2 Å². The fraction of sp³-hybridized carbons (Fsp3) is 0.569. The third kappa shape index (κ3) is 11.6. The second-order valence-corrected chi connectivity index (χ2v) is 20.6. The number of H-pyrrole nitrogens is 1. The fourth-order valence-electron chi connectivity index (χ4n) is 8.94. The average Bonchev–Trinajstić information content (AvgIpc) is 4.07. The molecule has 3 aromatic rings. The Balaban J connectivity index is 1.08. The maximum absolute atomic E-state index is 14.2. The molecule has 3 aliphatic rings. The summed E-state index contributed by atoms with van der Waals surface area (Å²) < 4.78 is 11.3. The van der Waals surface area contributed by atoms with Crippen LogP contribution in [0.5, 0.6) is 0 Å². The first-order chi connectivity index (χ1) is 30.1. The Morgan fingerprint density at radius 2 is 1.12 bits per heavy atom. The van der Waals surface area contributed by atoms with E-state index in [0.717, 1.165) is 70.7 Å². The average molecular weight is 878 g/mol. The maximum Gasteiger partial charge on any atom is 0.410 e. The molecule has 4 atom stereocenters. The number of carbonyl (C=O) groups excluding carboxylic acids is 4. The summed E-state index contributed by atoms with van der Waals surface area (Å²) in [4.78, 5) is 74.3. The lowest BCUT2D eigenvalue weighted by Gasteiger charge is -2.35. The number of hydrogen-bond acceptors (Lipinski definition) is 8. The summed E-state index contributed by atoms with van der Waals surface area (Å²) in [7, 11) is 3.32. The summed E-state index contributed by atoms with van der Waals surface area (Å²) in [5.41, 5.74) is 5.90. The van der Waals surface area contributed by atoms with Gasteiger partial charge in [-0.25, -0.2) is 14.6 Å². The van der Waals surface area contributed by atoms with Crippen LogP contribution in [0.1, 0.15) is 132 Å². The van der Waals surface area contributed by atoms with E-state index in [1.54, 1.807) is 14.1 Å². The Kier molecular flexibility index (Phi) is 14.8. The van der Waals surface area contributed by atoms with Crippen molar-refractivity contribution in [3.05, 3.63) is 72.3 Å². The smallest absolute Gasteiger partial charge is 0.410 e. The van der Waals surface area contributed by atoms with E-state index in [1.807, 2.05) is 63.7 Å². The first-order valence-corrected chi connectivity index (χ1v) is 23.1. The van der Waals surface area contributed by atoms with Crippen molar-refractivity contribution in [3.8, 4) is 22.4 Å². The minimum Gasteiger partial charge on any atom is -0.444 e. The molecular formula is C51H71N7O6. The minimum absolute atomic E-state index is 0.0480. The number of aromatic amines is 1. The number of imidazole rings is 1. The van der Waals surface area contributed by atoms with Crippen LogP contribution in [0.25, 0.3) is 28.0 Å². The molecule has 0 saturated carbocycles. The standard InChI is InChI=1S/C51H71N7O6/c1-32(2)27-43(55(11)48(61)63-50(5,6)7)46(59)57-25-13-15-41(57)39-29-38(30-52-39)36-19-17-34(18-20-36)35-21-23-37(24-22-35)40-31-53-45(54-40)42-16-14-26-58(42)47(60)44(28-33(3)4)56(12)49(62)64-51(8,9)10/h17-24,30-33,41-44H,13-16,25-29H2,1-12H3,(H,53,54)/t41-,42?,43-,44-/m0/s1. The Bertz CT molecular complexity index is 2190. The van der Waals surface area contributed by atoms with Gasteiger partial charge in [0.15, 0.2) is 0 Å². The number of benzene rings is 2. The normalized spacial score (nSPS) is 18.8. The van der Waals surface area contributed by atoms with Gasteiger partial charge < -0.3 is 24.3 Å². The van der Waals surface area contributed by atoms with Gasteiger partial charge in [0.1, 0.15) is 29.1 Å². The van der Waals surface area contributed by atoms with E-state index in [-0.39, 0.29) is 35.7 Å². The Morgan fingerprint density at radius 3 is 1.59 bits per heavy atom. The van der Waals surface area contributed by atoms with Gasteiger partial charge in [-0.05, 0) is 120 Å². The van der Waals surface area contributed by atoms with E-state index in [4.69, 9.17) is 19.5 Å². The molecule has 3 aliphatic heterocycles. The molecule has 1 unspecified atom stereocenters. The summed E-state index contributed by atoms with van der Waals surface area (Å²) in [5, 5.41) is 0. The minimum atomic E-state index is -0.664.